The molecule has 2 aromatic carbocycles. The van der Waals surface area contributed by atoms with Crippen molar-refractivity contribution in [2.24, 2.45) is 0 Å². The highest BCUT2D eigenvalue weighted by Gasteiger charge is 2.25. The van der Waals surface area contributed by atoms with Gasteiger partial charge < -0.3 is 14.5 Å². The number of H-pyrrole nitrogens is 2. The van der Waals surface area contributed by atoms with Gasteiger partial charge in [0, 0.05) is 11.8 Å². The molecule has 0 amide bonds. The van der Waals surface area contributed by atoms with Gasteiger partial charge in [-0.15, -0.1) is 0 Å². The minimum absolute atomic E-state index is 0.0281. The molecule has 0 fully saturated rings. The molecule has 0 saturated carbocycles. The number of nitrogens with zero attached hydrogens (tertiary/aromatic N) is 2. The van der Waals surface area contributed by atoms with Crippen LogP contribution >= 0.6 is 0 Å². The number of aryl methyl sites for hydroxylation is 1. The SMILES string of the molecule is COc1cc(-c2cn[nH]c2)cc2c(=O)[nH]c(C3COc4ccc(C)cc4C3)nc12. The van der Waals surface area contributed by atoms with Crippen molar-refractivity contribution in [3.8, 4) is 22.6 Å². The predicted octanol–water partition coefficient (Wildman–Crippen LogP) is 3.35. The van der Waals surface area contributed by atoms with Crippen molar-refractivity contribution in [2.75, 3.05) is 13.7 Å². The van der Waals surface area contributed by atoms with E-state index in [2.05, 4.69) is 28.2 Å². The first-order chi connectivity index (χ1) is 14.1. The van der Waals surface area contributed by atoms with Gasteiger partial charge in [-0.3, -0.25) is 9.89 Å². The smallest absolute Gasteiger partial charge is 0.258 e. The fraction of sp³-hybridized carbons (Fsp3) is 0.227. The van der Waals surface area contributed by atoms with Crippen molar-refractivity contribution >= 4 is 10.9 Å². The zero-order valence-electron chi connectivity index (χ0n) is 16.2. The van der Waals surface area contributed by atoms with Crippen LogP contribution in [-0.4, -0.2) is 33.9 Å². The summed E-state index contributed by atoms with van der Waals surface area (Å²) in [5.41, 5.74) is 4.39. The minimum Gasteiger partial charge on any atom is -0.494 e. The van der Waals surface area contributed by atoms with E-state index in [4.69, 9.17) is 14.5 Å². The largest absolute Gasteiger partial charge is 0.494 e. The molecule has 1 aliphatic heterocycles. The zero-order chi connectivity index (χ0) is 20.0. The number of ether oxygens (including phenoxy) is 2. The van der Waals surface area contributed by atoms with Crippen molar-refractivity contribution in [1.82, 2.24) is 20.2 Å². The van der Waals surface area contributed by atoms with Gasteiger partial charge >= 0.3 is 0 Å². The minimum atomic E-state index is -0.191. The molecule has 7 nitrogen and oxygen atoms in total. The van der Waals surface area contributed by atoms with Crippen molar-refractivity contribution < 1.29 is 9.47 Å². The van der Waals surface area contributed by atoms with E-state index in [9.17, 15) is 4.79 Å². The van der Waals surface area contributed by atoms with Crippen LogP contribution in [0.4, 0.5) is 0 Å². The van der Waals surface area contributed by atoms with Crippen LogP contribution in [-0.2, 0) is 6.42 Å². The highest BCUT2D eigenvalue weighted by atomic mass is 16.5. The Morgan fingerprint density at radius 1 is 1.21 bits per heavy atom. The molecule has 0 aliphatic carbocycles. The second-order valence-corrected chi connectivity index (χ2v) is 7.34. The average molecular weight is 388 g/mol. The Kier molecular flexibility index (Phi) is 4.08. The number of aromatic nitrogens is 4. The van der Waals surface area contributed by atoms with Gasteiger partial charge in [0.25, 0.3) is 5.56 Å². The maximum absolute atomic E-state index is 12.9. The van der Waals surface area contributed by atoms with Gasteiger partial charge in [-0.1, -0.05) is 17.7 Å². The van der Waals surface area contributed by atoms with Gasteiger partial charge in [0.1, 0.15) is 22.8 Å². The Balaban J connectivity index is 1.60. The van der Waals surface area contributed by atoms with Crippen LogP contribution in [0.2, 0.25) is 0 Å². The molecule has 7 heteroatoms. The molecule has 0 saturated heterocycles. The number of hydrogen-bond donors (Lipinski definition) is 2. The van der Waals surface area contributed by atoms with Crippen molar-refractivity contribution in [3.05, 3.63) is 70.0 Å². The van der Waals surface area contributed by atoms with Gasteiger partial charge in [0.2, 0.25) is 0 Å². The standard InChI is InChI=1S/C22H20N4O3/c1-12-3-4-18-14(5-12)6-15(11-29-18)21-25-20-17(22(27)26-21)7-13(8-19(20)28-2)16-9-23-24-10-16/h3-5,7-10,15H,6,11H2,1-2H3,(H,23,24)(H,25,26,27). The first-order valence-corrected chi connectivity index (χ1v) is 9.46. The summed E-state index contributed by atoms with van der Waals surface area (Å²) in [6.45, 7) is 2.53. The molecule has 2 aromatic heterocycles. The Morgan fingerprint density at radius 3 is 2.90 bits per heavy atom. The monoisotopic (exact) mass is 388 g/mol. The lowest BCUT2D eigenvalue weighted by Gasteiger charge is -2.25. The van der Waals surface area contributed by atoms with Gasteiger partial charge in [-0.2, -0.15) is 5.10 Å². The summed E-state index contributed by atoms with van der Waals surface area (Å²) in [6, 6.07) is 9.85. The van der Waals surface area contributed by atoms with Crippen LogP contribution in [0.15, 0.2) is 47.5 Å². The number of benzene rings is 2. The van der Waals surface area contributed by atoms with E-state index in [1.165, 1.54) is 5.56 Å². The van der Waals surface area contributed by atoms with E-state index in [-0.39, 0.29) is 11.5 Å². The predicted molar refractivity (Wildman–Crippen MR) is 110 cm³/mol. The van der Waals surface area contributed by atoms with Crippen LogP contribution in [0, 0.1) is 6.92 Å². The van der Waals surface area contributed by atoms with E-state index in [1.54, 1.807) is 19.5 Å². The molecule has 4 aromatic rings. The van der Waals surface area contributed by atoms with E-state index >= 15 is 0 Å². The second-order valence-electron chi connectivity index (χ2n) is 7.34. The molecular weight excluding hydrogens is 368 g/mol. The number of methoxy groups -OCH3 is 1. The molecule has 1 aliphatic rings. The van der Waals surface area contributed by atoms with Crippen LogP contribution in [0.3, 0.4) is 0 Å². The number of fused-ring (bicyclic) bond motifs is 2. The summed E-state index contributed by atoms with van der Waals surface area (Å²) in [6.07, 6.45) is 4.24. The lowest BCUT2D eigenvalue weighted by atomic mass is 9.94. The highest BCUT2D eigenvalue weighted by Crippen LogP contribution is 2.34. The number of nitrogens with one attached hydrogen (secondary N) is 2. The molecule has 0 bridgehead atoms. The number of aromatic amines is 2. The quantitative estimate of drug-likeness (QED) is 0.561. The second kappa shape index (κ2) is 6.77. The Bertz CT molecular complexity index is 1260. The number of rotatable bonds is 3. The third-order valence-electron chi connectivity index (χ3n) is 5.35. The van der Waals surface area contributed by atoms with Crippen LogP contribution < -0.4 is 15.0 Å². The fourth-order valence-corrected chi connectivity index (χ4v) is 3.85. The lowest BCUT2D eigenvalue weighted by molar-refractivity contribution is 0.257. The van der Waals surface area contributed by atoms with E-state index in [1.807, 2.05) is 24.3 Å². The zero-order valence-corrected chi connectivity index (χ0v) is 16.2. The molecule has 29 heavy (non-hydrogen) atoms. The normalized spacial score (nSPS) is 15.7. The molecular formula is C22H20N4O3. The number of hydrogen-bond acceptors (Lipinski definition) is 5. The molecule has 1 unspecified atom stereocenters. The molecule has 1 atom stereocenters. The van der Waals surface area contributed by atoms with Gasteiger partial charge in [-0.25, -0.2) is 4.98 Å². The summed E-state index contributed by atoms with van der Waals surface area (Å²) < 4.78 is 11.5. The topological polar surface area (TPSA) is 92.9 Å². The highest BCUT2D eigenvalue weighted by molar-refractivity contribution is 5.89. The average Bonchev–Trinajstić information content (AvgIpc) is 3.27. The van der Waals surface area contributed by atoms with E-state index in [0.717, 1.165) is 28.9 Å². The maximum Gasteiger partial charge on any atom is 0.258 e. The van der Waals surface area contributed by atoms with E-state index < -0.39 is 0 Å². The summed E-state index contributed by atoms with van der Waals surface area (Å²) in [5, 5.41) is 7.24. The van der Waals surface area contributed by atoms with Crippen molar-refractivity contribution in [1.29, 1.82) is 0 Å². The van der Waals surface area contributed by atoms with E-state index in [0.29, 0.717) is 29.1 Å². The van der Waals surface area contributed by atoms with Gasteiger partial charge in [0.15, 0.2) is 0 Å². The van der Waals surface area contributed by atoms with Crippen molar-refractivity contribution in [3.63, 3.8) is 0 Å². The summed E-state index contributed by atoms with van der Waals surface area (Å²) in [5.74, 6) is 2.04. The Labute approximate surface area is 166 Å². The third-order valence-corrected chi connectivity index (χ3v) is 5.35. The molecule has 0 radical (unpaired) electrons. The molecule has 5 rings (SSSR count). The fourth-order valence-electron chi connectivity index (χ4n) is 3.85. The lowest BCUT2D eigenvalue weighted by Crippen LogP contribution is -2.24. The third kappa shape index (κ3) is 3.04. The Morgan fingerprint density at radius 2 is 2.10 bits per heavy atom. The van der Waals surface area contributed by atoms with Crippen LogP contribution in [0.5, 0.6) is 11.5 Å². The van der Waals surface area contributed by atoms with Crippen LogP contribution in [0.25, 0.3) is 22.0 Å². The van der Waals surface area contributed by atoms with Crippen LogP contribution in [0.1, 0.15) is 22.9 Å². The first kappa shape index (κ1) is 17.5. The molecule has 2 N–H and O–H groups in total. The summed E-state index contributed by atoms with van der Waals surface area (Å²) >= 11 is 0. The Hall–Kier alpha value is -3.61. The van der Waals surface area contributed by atoms with Gasteiger partial charge in [0.05, 0.1) is 31.2 Å². The first-order valence-electron chi connectivity index (χ1n) is 9.46. The van der Waals surface area contributed by atoms with Crippen molar-refractivity contribution in [2.45, 2.75) is 19.3 Å². The molecule has 146 valence electrons. The summed E-state index contributed by atoms with van der Waals surface area (Å²) in [4.78, 5) is 20.6. The molecule has 3 heterocycles. The molecule has 0 spiro atoms. The maximum atomic E-state index is 12.9. The summed E-state index contributed by atoms with van der Waals surface area (Å²) in [7, 11) is 1.58. The van der Waals surface area contributed by atoms with Gasteiger partial charge in [-0.05, 0) is 42.7 Å².